The number of amides is 1. The number of carbonyl (C=O) groups is 1. The Morgan fingerprint density at radius 1 is 1.20 bits per heavy atom. The monoisotopic (exact) mass is 381 g/mol. The molecule has 0 aliphatic carbocycles. The molecule has 0 bridgehead atoms. The first-order valence-corrected chi connectivity index (χ1v) is 7.43. The summed E-state index contributed by atoms with van der Waals surface area (Å²) in [5.41, 5.74) is 1.93. The number of hydrogen-bond acceptors (Lipinski definition) is 2. The van der Waals surface area contributed by atoms with Gasteiger partial charge in [-0.2, -0.15) is 0 Å². The van der Waals surface area contributed by atoms with Gasteiger partial charge >= 0.3 is 0 Å². The average Bonchev–Trinajstić information content (AvgIpc) is 2.48. The number of aryl methyl sites for hydroxylation is 1. The van der Waals surface area contributed by atoms with E-state index in [2.05, 4.69) is 27.9 Å². The molecule has 4 heteroatoms. The van der Waals surface area contributed by atoms with Gasteiger partial charge in [-0.1, -0.05) is 12.1 Å². The third-order valence-electron chi connectivity index (χ3n) is 2.90. The van der Waals surface area contributed by atoms with Crippen LogP contribution >= 0.6 is 22.6 Å². The van der Waals surface area contributed by atoms with E-state index in [1.54, 1.807) is 7.11 Å². The second kappa shape index (κ2) is 7.28. The lowest BCUT2D eigenvalue weighted by atomic mass is 10.1. The van der Waals surface area contributed by atoms with Gasteiger partial charge in [0.2, 0.25) is 5.91 Å². The van der Waals surface area contributed by atoms with E-state index in [1.807, 2.05) is 48.5 Å². The van der Waals surface area contributed by atoms with E-state index >= 15 is 0 Å². The van der Waals surface area contributed by atoms with Crippen LogP contribution in [0.1, 0.15) is 12.0 Å². The summed E-state index contributed by atoms with van der Waals surface area (Å²) in [4.78, 5) is 11.9. The molecule has 1 amide bonds. The summed E-state index contributed by atoms with van der Waals surface area (Å²) in [6.07, 6.45) is 1.16. The number of nitrogens with one attached hydrogen (secondary N) is 1. The van der Waals surface area contributed by atoms with Crippen LogP contribution in [-0.2, 0) is 11.2 Å². The lowest BCUT2D eigenvalue weighted by Gasteiger charge is -2.06. The van der Waals surface area contributed by atoms with Gasteiger partial charge in [-0.05, 0) is 71.0 Å². The molecule has 3 nitrogen and oxygen atoms in total. The first kappa shape index (κ1) is 14.8. The molecule has 0 aliphatic rings. The lowest BCUT2D eigenvalue weighted by molar-refractivity contribution is -0.116. The summed E-state index contributed by atoms with van der Waals surface area (Å²) in [6.45, 7) is 0. The van der Waals surface area contributed by atoms with Gasteiger partial charge in [0, 0.05) is 15.7 Å². The number of ether oxygens (including phenoxy) is 1. The van der Waals surface area contributed by atoms with Crippen LogP contribution < -0.4 is 10.1 Å². The highest BCUT2D eigenvalue weighted by molar-refractivity contribution is 14.1. The third-order valence-corrected chi connectivity index (χ3v) is 3.62. The topological polar surface area (TPSA) is 38.3 Å². The van der Waals surface area contributed by atoms with Crippen LogP contribution in [0.4, 0.5) is 5.69 Å². The second-order valence-corrected chi connectivity index (χ2v) is 5.65. The van der Waals surface area contributed by atoms with E-state index in [9.17, 15) is 4.79 Å². The van der Waals surface area contributed by atoms with E-state index in [1.165, 1.54) is 0 Å². The molecule has 1 N–H and O–H groups in total. The maximum Gasteiger partial charge on any atom is 0.224 e. The molecule has 0 aromatic heterocycles. The van der Waals surface area contributed by atoms with Crippen LogP contribution in [-0.4, -0.2) is 13.0 Å². The number of benzene rings is 2. The normalized spacial score (nSPS) is 10.1. The Kier molecular flexibility index (Phi) is 5.40. The van der Waals surface area contributed by atoms with Crippen molar-refractivity contribution in [2.45, 2.75) is 12.8 Å². The van der Waals surface area contributed by atoms with Crippen molar-refractivity contribution in [1.82, 2.24) is 0 Å². The maximum atomic E-state index is 11.9. The van der Waals surface area contributed by atoms with Crippen LogP contribution in [0.5, 0.6) is 5.75 Å². The SMILES string of the molecule is COc1cccc(CCC(=O)Nc2ccc(I)cc2)c1. The molecule has 0 spiro atoms. The largest absolute Gasteiger partial charge is 0.497 e. The summed E-state index contributed by atoms with van der Waals surface area (Å²) in [5, 5.41) is 2.89. The molecular formula is C16H16INO2. The number of hydrogen-bond donors (Lipinski definition) is 1. The van der Waals surface area contributed by atoms with Crippen molar-refractivity contribution in [1.29, 1.82) is 0 Å². The fourth-order valence-electron chi connectivity index (χ4n) is 1.84. The molecular weight excluding hydrogens is 365 g/mol. The molecule has 0 aliphatic heterocycles. The van der Waals surface area contributed by atoms with Gasteiger partial charge in [-0.25, -0.2) is 0 Å². The van der Waals surface area contributed by atoms with E-state index in [0.29, 0.717) is 12.8 Å². The van der Waals surface area contributed by atoms with Gasteiger partial charge in [0.15, 0.2) is 0 Å². The summed E-state index contributed by atoms with van der Waals surface area (Å²) in [5.74, 6) is 0.842. The van der Waals surface area contributed by atoms with E-state index in [4.69, 9.17) is 4.74 Å². The van der Waals surface area contributed by atoms with E-state index < -0.39 is 0 Å². The quantitative estimate of drug-likeness (QED) is 0.799. The molecule has 2 aromatic carbocycles. The molecule has 0 fully saturated rings. The van der Waals surface area contributed by atoms with Crippen molar-refractivity contribution in [3.8, 4) is 5.75 Å². The van der Waals surface area contributed by atoms with Crippen molar-refractivity contribution < 1.29 is 9.53 Å². The van der Waals surface area contributed by atoms with Gasteiger partial charge in [-0.15, -0.1) is 0 Å². The van der Waals surface area contributed by atoms with E-state index in [0.717, 1.165) is 20.6 Å². The van der Waals surface area contributed by atoms with Crippen LogP contribution in [0.25, 0.3) is 0 Å². The fourth-order valence-corrected chi connectivity index (χ4v) is 2.20. The number of rotatable bonds is 5. The summed E-state index contributed by atoms with van der Waals surface area (Å²) in [6, 6.07) is 15.5. The predicted molar refractivity (Wildman–Crippen MR) is 89.1 cm³/mol. The molecule has 2 rings (SSSR count). The smallest absolute Gasteiger partial charge is 0.224 e. The summed E-state index contributed by atoms with van der Waals surface area (Å²) < 4.78 is 6.32. The Morgan fingerprint density at radius 2 is 1.95 bits per heavy atom. The standard InChI is InChI=1S/C16H16INO2/c1-20-15-4-2-3-12(11-15)5-10-16(19)18-14-8-6-13(17)7-9-14/h2-4,6-9,11H,5,10H2,1H3,(H,18,19). The highest BCUT2D eigenvalue weighted by Gasteiger charge is 2.04. The van der Waals surface area contributed by atoms with E-state index in [-0.39, 0.29) is 5.91 Å². The number of carbonyl (C=O) groups excluding carboxylic acids is 1. The summed E-state index contributed by atoms with van der Waals surface area (Å²) >= 11 is 2.24. The Morgan fingerprint density at radius 3 is 2.65 bits per heavy atom. The second-order valence-electron chi connectivity index (χ2n) is 4.41. The molecule has 0 radical (unpaired) electrons. The predicted octanol–water partition coefficient (Wildman–Crippen LogP) is 3.87. The van der Waals surface area contributed by atoms with Gasteiger partial charge in [0.05, 0.1) is 7.11 Å². The van der Waals surface area contributed by atoms with Crippen molar-refractivity contribution in [3.05, 3.63) is 57.7 Å². The average molecular weight is 381 g/mol. The van der Waals surface area contributed by atoms with Crippen LogP contribution in [0.2, 0.25) is 0 Å². The maximum absolute atomic E-state index is 11.9. The van der Waals surface area contributed by atoms with Gasteiger partial charge in [0.1, 0.15) is 5.75 Å². The number of halogens is 1. The zero-order valence-corrected chi connectivity index (χ0v) is 13.4. The molecule has 2 aromatic rings. The Labute approximate surface area is 132 Å². The highest BCUT2D eigenvalue weighted by Crippen LogP contribution is 2.15. The zero-order valence-electron chi connectivity index (χ0n) is 11.2. The van der Waals surface area contributed by atoms with Crippen molar-refractivity contribution in [2.75, 3.05) is 12.4 Å². The molecule has 0 unspecified atom stereocenters. The van der Waals surface area contributed by atoms with Gasteiger partial charge in [0.25, 0.3) is 0 Å². The molecule has 0 saturated carbocycles. The van der Waals surface area contributed by atoms with Crippen LogP contribution in [0, 0.1) is 3.57 Å². The van der Waals surface area contributed by atoms with Crippen molar-refractivity contribution in [2.24, 2.45) is 0 Å². The number of methoxy groups -OCH3 is 1. The van der Waals surface area contributed by atoms with Gasteiger partial charge in [-0.3, -0.25) is 4.79 Å². The zero-order chi connectivity index (χ0) is 14.4. The molecule has 0 heterocycles. The molecule has 0 atom stereocenters. The molecule has 0 saturated heterocycles. The highest BCUT2D eigenvalue weighted by atomic mass is 127. The minimum absolute atomic E-state index is 0.0222. The Balaban J connectivity index is 1.87. The molecule has 104 valence electrons. The van der Waals surface area contributed by atoms with Crippen molar-refractivity contribution in [3.63, 3.8) is 0 Å². The van der Waals surface area contributed by atoms with Gasteiger partial charge < -0.3 is 10.1 Å². The molecule has 20 heavy (non-hydrogen) atoms. The Hall–Kier alpha value is -1.56. The first-order chi connectivity index (χ1) is 9.67. The minimum atomic E-state index is 0.0222. The van der Waals surface area contributed by atoms with Crippen LogP contribution in [0.15, 0.2) is 48.5 Å². The van der Waals surface area contributed by atoms with Crippen molar-refractivity contribution >= 4 is 34.2 Å². The summed E-state index contributed by atoms with van der Waals surface area (Å²) in [7, 11) is 1.64. The number of anilines is 1. The fraction of sp³-hybridized carbons (Fsp3) is 0.188. The Bertz CT molecular complexity index is 581. The lowest BCUT2D eigenvalue weighted by Crippen LogP contribution is -2.12. The first-order valence-electron chi connectivity index (χ1n) is 6.36. The minimum Gasteiger partial charge on any atom is -0.497 e. The van der Waals surface area contributed by atoms with Crippen LogP contribution in [0.3, 0.4) is 0 Å². The third kappa shape index (κ3) is 4.52.